The minimum Gasteiger partial charge on any atom is -0.445 e. The Morgan fingerprint density at radius 2 is 2.25 bits per heavy atom. The molecule has 1 saturated heterocycles. The molecule has 3 nitrogen and oxygen atoms in total. The van der Waals surface area contributed by atoms with Gasteiger partial charge in [-0.25, -0.2) is 4.98 Å². The molecule has 0 saturated carbocycles. The van der Waals surface area contributed by atoms with E-state index in [1.165, 1.54) is 24.3 Å². The van der Waals surface area contributed by atoms with Crippen LogP contribution in [0.4, 0.5) is 0 Å². The number of nitrogens with two attached hydrogens (primary N) is 1. The maximum atomic E-state index is 5.85. The third-order valence-electron chi connectivity index (χ3n) is 3.29. The molecule has 16 heavy (non-hydrogen) atoms. The van der Waals surface area contributed by atoms with E-state index in [2.05, 4.69) is 11.9 Å². The van der Waals surface area contributed by atoms with Crippen LogP contribution in [0, 0.1) is 0 Å². The van der Waals surface area contributed by atoms with E-state index in [0.29, 0.717) is 6.54 Å². The highest BCUT2D eigenvalue weighted by Gasteiger charge is 2.33. The molecule has 0 unspecified atom stereocenters. The summed E-state index contributed by atoms with van der Waals surface area (Å²) < 4.78 is 5.85. The smallest absolute Gasteiger partial charge is 0.200 e. The molecular formula is C12H20N2OS. The first-order valence-corrected chi connectivity index (χ1v) is 7.13. The van der Waals surface area contributed by atoms with E-state index >= 15 is 0 Å². The lowest BCUT2D eigenvalue weighted by Crippen LogP contribution is -2.27. The van der Waals surface area contributed by atoms with E-state index in [1.807, 2.05) is 18.0 Å². The van der Waals surface area contributed by atoms with Gasteiger partial charge in [0.05, 0.1) is 6.20 Å². The lowest BCUT2D eigenvalue weighted by atomic mass is 9.84. The van der Waals surface area contributed by atoms with Gasteiger partial charge in [-0.15, -0.1) is 0 Å². The standard InChI is InChI=1S/C12H20N2OS/c1-12(4-7-16-8-5-12)11-14-9-10(15-11)3-2-6-13/h9H,2-8,13H2,1H3. The first kappa shape index (κ1) is 12.0. The van der Waals surface area contributed by atoms with E-state index in [-0.39, 0.29) is 5.41 Å². The highest BCUT2D eigenvalue weighted by molar-refractivity contribution is 7.99. The second kappa shape index (κ2) is 5.23. The molecular weight excluding hydrogens is 220 g/mol. The van der Waals surface area contributed by atoms with Crippen LogP contribution in [0.25, 0.3) is 0 Å². The maximum absolute atomic E-state index is 5.85. The van der Waals surface area contributed by atoms with Crippen molar-refractivity contribution < 1.29 is 4.42 Å². The first-order valence-electron chi connectivity index (χ1n) is 5.97. The molecule has 2 rings (SSSR count). The van der Waals surface area contributed by atoms with Crippen LogP contribution in [0.15, 0.2) is 10.6 Å². The summed E-state index contributed by atoms with van der Waals surface area (Å²) in [5.41, 5.74) is 5.65. The molecule has 1 aromatic heterocycles. The first-order chi connectivity index (χ1) is 7.74. The average Bonchev–Trinajstić information content (AvgIpc) is 2.77. The minimum atomic E-state index is 0.159. The highest BCUT2D eigenvalue weighted by atomic mass is 32.2. The predicted octanol–water partition coefficient (Wildman–Crippen LogP) is 2.35. The topological polar surface area (TPSA) is 52.0 Å². The Kier molecular flexibility index (Phi) is 3.92. The van der Waals surface area contributed by atoms with Crippen molar-refractivity contribution in [2.45, 2.75) is 38.0 Å². The largest absolute Gasteiger partial charge is 0.445 e. The lowest BCUT2D eigenvalue weighted by molar-refractivity contribution is 0.312. The van der Waals surface area contributed by atoms with Gasteiger partial charge in [-0.2, -0.15) is 11.8 Å². The summed E-state index contributed by atoms with van der Waals surface area (Å²) in [6, 6.07) is 0. The van der Waals surface area contributed by atoms with Gasteiger partial charge >= 0.3 is 0 Å². The van der Waals surface area contributed by atoms with Crippen molar-refractivity contribution in [2.24, 2.45) is 5.73 Å². The van der Waals surface area contributed by atoms with Crippen molar-refractivity contribution >= 4 is 11.8 Å². The van der Waals surface area contributed by atoms with Gasteiger partial charge in [0.1, 0.15) is 5.76 Å². The van der Waals surface area contributed by atoms with Crippen LogP contribution in [0.3, 0.4) is 0 Å². The Bertz CT molecular complexity index is 332. The molecule has 0 aliphatic carbocycles. The number of hydrogen-bond acceptors (Lipinski definition) is 4. The van der Waals surface area contributed by atoms with Crippen LogP contribution in [0.1, 0.15) is 37.8 Å². The normalized spacial score (nSPS) is 19.9. The van der Waals surface area contributed by atoms with Gasteiger partial charge < -0.3 is 10.2 Å². The van der Waals surface area contributed by atoms with Gasteiger partial charge in [0.15, 0.2) is 5.89 Å². The Labute approximate surface area is 101 Å². The van der Waals surface area contributed by atoms with Crippen molar-refractivity contribution in [1.82, 2.24) is 4.98 Å². The van der Waals surface area contributed by atoms with Crippen molar-refractivity contribution in [3.8, 4) is 0 Å². The molecule has 4 heteroatoms. The van der Waals surface area contributed by atoms with E-state index in [4.69, 9.17) is 10.2 Å². The zero-order valence-electron chi connectivity index (χ0n) is 9.87. The summed E-state index contributed by atoms with van der Waals surface area (Å²) in [5, 5.41) is 0. The van der Waals surface area contributed by atoms with E-state index in [9.17, 15) is 0 Å². The van der Waals surface area contributed by atoms with Crippen molar-refractivity contribution in [3.63, 3.8) is 0 Å². The zero-order valence-corrected chi connectivity index (χ0v) is 10.7. The van der Waals surface area contributed by atoms with Gasteiger partial charge in [0.2, 0.25) is 0 Å². The number of hydrogen-bond donors (Lipinski definition) is 1. The highest BCUT2D eigenvalue weighted by Crippen LogP contribution is 2.37. The van der Waals surface area contributed by atoms with Gasteiger partial charge in [-0.3, -0.25) is 0 Å². The minimum absolute atomic E-state index is 0.159. The van der Waals surface area contributed by atoms with Crippen molar-refractivity contribution in [3.05, 3.63) is 17.8 Å². The third kappa shape index (κ3) is 2.61. The SMILES string of the molecule is CC1(c2ncc(CCCN)o2)CCSCC1. The molecule has 0 spiro atoms. The Balaban J connectivity index is 2.05. The molecule has 1 fully saturated rings. The third-order valence-corrected chi connectivity index (χ3v) is 4.28. The van der Waals surface area contributed by atoms with Crippen molar-refractivity contribution in [2.75, 3.05) is 18.1 Å². The molecule has 1 aliphatic heterocycles. The zero-order chi connectivity index (χ0) is 11.4. The van der Waals surface area contributed by atoms with Crippen LogP contribution in [0.2, 0.25) is 0 Å². The summed E-state index contributed by atoms with van der Waals surface area (Å²) in [6.45, 7) is 2.98. The molecule has 0 amide bonds. The summed E-state index contributed by atoms with van der Waals surface area (Å²) in [6.07, 6.45) is 6.11. The van der Waals surface area contributed by atoms with Crippen LogP contribution >= 0.6 is 11.8 Å². The molecule has 0 radical (unpaired) electrons. The number of aromatic nitrogens is 1. The molecule has 0 bridgehead atoms. The monoisotopic (exact) mass is 240 g/mol. The number of oxazole rings is 1. The summed E-state index contributed by atoms with van der Waals surface area (Å²) in [4.78, 5) is 4.45. The van der Waals surface area contributed by atoms with E-state index in [1.54, 1.807) is 0 Å². The Morgan fingerprint density at radius 3 is 2.94 bits per heavy atom. The quantitative estimate of drug-likeness (QED) is 0.877. The van der Waals surface area contributed by atoms with E-state index < -0.39 is 0 Å². The van der Waals surface area contributed by atoms with E-state index in [0.717, 1.165) is 24.5 Å². The number of thioether (sulfide) groups is 1. The number of nitrogens with zero attached hydrogens (tertiary/aromatic N) is 1. The molecule has 90 valence electrons. The second-order valence-electron chi connectivity index (χ2n) is 4.70. The molecule has 2 heterocycles. The number of aryl methyl sites for hydroxylation is 1. The average molecular weight is 240 g/mol. The predicted molar refractivity (Wildman–Crippen MR) is 67.8 cm³/mol. The van der Waals surface area contributed by atoms with Crippen LogP contribution in [-0.4, -0.2) is 23.0 Å². The fourth-order valence-corrected chi connectivity index (χ4v) is 3.41. The fraction of sp³-hybridized carbons (Fsp3) is 0.750. The van der Waals surface area contributed by atoms with Gasteiger partial charge in [-0.1, -0.05) is 6.92 Å². The maximum Gasteiger partial charge on any atom is 0.200 e. The van der Waals surface area contributed by atoms with Crippen molar-refractivity contribution in [1.29, 1.82) is 0 Å². The van der Waals surface area contributed by atoms with Crippen LogP contribution in [0.5, 0.6) is 0 Å². The Hall–Kier alpha value is -0.480. The fourth-order valence-electron chi connectivity index (χ4n) is 2.01. The summed E-state index contributed by atoms with van der Waals surface area (Å²) >= 11 is 2.03. The molecule has 1 aliphatic rings. The van der Waals surface area contributed by atoms with Crippen LogP contribution < -0.4 is 5.73 Å². The summed E-state index contributed by atoms with van der Waals surface area (Å²) in [5.74, 6) is 4.35. The lowest BCUT2D eigenvalue weighted by Gasteiger charge is -2.29. The van der Waals surface area contributed by atoms with Gasteiger partial charge in [0.25, 0.3) is 0 Å². The summed E-state index contributed by atoms with van der Waals surface area (Å²) in [7, 11) is 0. The Morgan fingerprint density at radius 1 is 1.50 bits per heavy atom. The van der Waals surface area contributed by atoms with Gasteiger partial charge in [-0.05, 0) is 37.3 Å². The number of rotatable bonds is 4. The van der Waals surface area contributed by atoms with Crippen LogP contribution in [-0.2, 0) is 11.8 Å². The second-order valence-corrected chi connectivity index (χ2v) is 5.92. The van der Waals surface area contributed by atoms with Gasteiger partial charge in [0, 0.05) is 11.8 Å². The molecule has 1 aromatic rings. The molecule has 2 N–H and O–H groups in total. The molecule has 0 aromatic carbocycles. The molecule has 0 atom stereocenters.